The van der Waals surface area contributed by atoms with Crippen LogP contribution in [0.15, 0.2) is 29.8 Å². The number of ether oxygens (including phenoxy) is 1. The van der Waals surface area contributed by atoms with Gasteiger partial charge in [-0.3, -0.25) is 5.32 Å². The third kappa shape index (κ3) is 4.17. The first kappa shape index (κ1) is 15.7. The van der Waals surface area contributed by atoms with Crippen LogP contribution in [0.1, 0.15) is 18.4 Å². The quantitative estimate of drug-likeness (QED) is 0.877. The minimum atomic E-state index is -0.277. The van der Waals surface area contributed by atoms with Gasteiger partial charge in [-0.15, -0.1) is 10.2 Å². The number of rotatable bonds is 5. The van der Waals surface area contributed by atoms with Crippen LogP contribution in [0.3, 0.4) is 0 Å². The summed E-state index contributed by atoms with van der Waals surface area (Å²) in [6.07, 6.45) is 1.97. The Labute approximate surface area is 137 Å². The van der Waals surface area contributed by atoms with Crippen molar-refractivity contribution >= 4 is 22.5 Å². The van der Waals surface area contributed by atoms with Crippen LogP contribution in [0.2, 0.25) is 0 Å². The summed E-state index contributed by atoms with van der Waals surface area (Å²) >= 11 is 1.26. The first-order valence-corrected chi connectivity index (χ1v) is 8.31. The van der Waals surface area contributed by atoms with Crippen LogP contribution in [0.25, 0.3) is 0 Å². The number of benzene rings is 1. The molecule has 0 bridgehead atoms. The van der Waals surface area contributed by atoms with E-state index < -0.39 is 0 Å². The summed E-state index contributed by atoms with van der Waals surface area (Å²) in [6, 6.07) is 6.73. The zero-order chi connectivity index (χ0) is 16.1. The Morgan fingerprint density at radius 3 is 3.04 bits per heavy atom. The van der Waals surface area contributed by atoms with Gasteiger partial charge in [-0.2, -0.15) is 0 Å². The number of anilines is 1. The predicted molar refractivity (Wildman–Crippen MR) is 86.4 cm³/mol. The van der Waals surface area contributed by atoms with Crippen LogP contribution in [-0.4, -0.2) is 45.5 Å². The Hall–Kier alpha value is -2.19. The lowest BCUT2D eigenvalue weighted by Crippen LogP contribution is -2.39. The van der Waals surface area contributed by atoms with Gasteiger partial charge in [0, 0.05) is 18.7 Å². The molecule has 23 heavy (non-hydrogen) atoms. The molecule has 1 saturated heterocycles. The molecule has 1 aliphatic heterocycles. The second-order valence-corrected chi connectivity index (χ2v) is 6.15. The SMILES string of the molecule is O=C(Nc1nncs1)N(Cc1ccccc1O)C[C@H]1CCCO1. The maximum absolute atomic E-state index is 12.5. The molecule has 1 aromatic heterocycles. The molecule has 8 heteroatoms. The molecule has 0 spiro atoms. The smallest absolute Gasteiger partial charge is 0.324 e. The number of carbonyl (C=O) groups excluding carboxylic acids is 1. The monoisotopic (exact) mass is 334 g/mol. The maximum Gasteiger partial charge on any atom is 0.324 e. The number of nitrogens with one attached hydrogen (secondary N) is 1. The fourth-order valence-corrected chi connectivity index (χ4v) is 2.94. The van der Waals surface area contributed by atoms with E-state index in [2.05, 4.69) is 15.5 Å². The molecular formula is C15H18N4O3S. The molecule has 2 amide bonds. The van der Waals surface area contributed by atoms with Crippen molar-refractivity contribution < 1.29 is 14.6 Å². The summed E-state index contributed by atoms with van der Waals surface area (Å²) < 4.78 is 5.63. The first-order chi connectivity index (χ1) is 11.2. The third-order valence-corrected chi connectivity index (χ3v) is 4.27. The standard InChI is InChI=1S/C15H18N4O3S/c20-13-6-2-1-4-11(13)8-19(9-12-5-3-7-22-12)15(21)17-14-18-16-10-23-14/h1-2,4,6,10,12,20H,3,5,7-9H2,(H,17,18,21)/t12-/m1/s1. The number of aromatic nitrogens is 2. The summed E-state index contributed by atoms with van der Waals surface area (Å²) in [5, 5.41) is 20.7. The average Bonchev–Trinajstić information content (AvgIpc) is 3.22. The highest BCUT2D eigenvalue weighted by Gasteiger charge is 2.24. The molecule has 1 fully saturated rings. The van der Waals surface area contributed by atoms with Crippen molar-refractivity contribution in [3.05, 3.63) is 35.3 Å². The topological polar surface area (TPSA) is 87.6 Å². The Morgan fingerprint density at radius 1 is 1.48 bits per heavy atom. The molecule has 2 aromatic rings. The van der Waals surface area contributed by atoms with Crippen LogP contribution < -0.4 is 5.32 Å². The van der Waals surface area contributed by atoms with E-state index in [0.29, 0.717) is 23.8 Å². The number of amides is 2. The fraction of sp³-hybridized carbons (Fsp3) is 0.400. The molecule has 122 valence electrons. The van der Waals surface area contributed by atoms with Crippen LogP contribution >= 0.6 is 11.3 Å². The second-order valence-electron chi connectivity index (χ2n) is 5.32. The normalized spacial score (nSPS) is 17.1. The number of hydrogen-bond acceptors (Lipinski definition) is 6. The van der Waals surface area contributed by atoms with Crippen molar-refractivity contribution in [2.75, 3.05) is 18.5 Å². The van der Waals surface area contributed by atoms with Gasteiger partial charge in [0.05, 0.1) is 12.6 Å². The van der Waals surface area contributed by atoms with Gasteiger partial charge in [0.2, 0.25) is 5.13 Å². The van der Waals surface area contributed by atoms with Gasteiger partial charge < -0.3 is 14.7 Å². The van der Waals surface area contributed by atoms with Crippen LogP contribution in [0, 0.1) is 0 Å². The third-order valence-electron chi connectivity index (χ3n) is 3.66. The molecule has 1 aliphatic rings. The summed E-state index contributed by atoms with van der Waals surface area (Å²) in [4.78, 5) is 14.2. The highest BCUT2D eigenvalue weighted by Crippen LogP contribution is 2.21. The summed E-state index contributed by atoms with van der Waals surface area (Å²) in [5.41, 5.74) is 2.25. The summed E-state index contributed by atoms with van der Waals surface area (Å²) in [5.74, 6) is 0.175. The lowest BCUT2D eigenvalue weighted by molar-refractivity contribution is 0.0817. The highest BCUT2D eigenvalue weighted by molar-refractivity contribution is 7.13. The highest BCUT2D eigenvalue weighted by atomic mass is 32.1. The second kappa shape index (κ2) is 7.38. The van der Waals surface area contributed by atoms with E-state index in [4.69, 9.17) is 4.74 Å². The number of phenolic OH excluding ortho intramolecular Hbond substituents is 1. The van der Waals surface area contributed by atoms with E-state index in [1.165, 1.54) is 11.3 Å². The molecule has 1 aromatic carbocycles. The van der Waals surface area contributed by atoms with E-state index in [-0.39, 0.29) is 17.9 Å². The number of aromatic hydroxyl groups is 1. The van der Waals surface area contributed by atoms with Crippen molar-refractivity contribution in [2.45, 2.75) is 25.5 Å². The average molecular weight is 334 g/mol. The van der Waals surface area contributed by atoms with Crippen molar-refractivity contribution in [1.82, 2.24) is 15.1 Å². The van der Waals surface area contributed by atoms with Gasteiger partial charge in [-0.05, 0) is 18.9 Å². The lowest BCUT2D eigenvalue weighted by atomic mass is 10.1. The van der Waals surface area contributed by atoms with Gasteiger partial charge in [0.25, 0.3) is 0 Å². The molecule has 0 radical (unpaired) electrons. The van der Waals surface area contributed by atoms with Gasteiger partial charge in [-0.1, -0.05) is 29.5 Å². The number of urea groups is 1. The molecule has 3 rings (SSSR count). The summed E-state index contributed by atoms with van der Waals surface area (Å²) in [7, 11) is 0. The van der Waals surface area contributed by atoms with E-state index in [1.807, 2.05) is 6.07 Å². The van der Waals surface area contributed by atoms with Crippen molar-refractivity contribution in [3.8, 4) is 5.75 Å². The lowest BCUT2D eigenvalue weighted by Gasteiger charge is -2.25. The van der Waals surface area contributed by atoms with Crippen molar-refractivity contribution in [3.63, 3.8) is 0 Å². The number of hydrogen-bond donors (Lipinski definition) is 2. The van der Waals surface area contributed by atoms with E-state index >= 15 is 0 Å². The van der Waals surface area contributed by atoms with E-state index in [1.54, 1.807) is 28.6 Å². The van der Waals surface area contributed by atoms with E-state index in [9.17, 15) is 9.90 Å². The number of para-hydroxylation sites is 1. The molecular weight excluding hydrogens is 316 g/mol. The predicted octanol–water partition coefficient (Wildman–Crippen LogP) is 2.46. The Morgan fingerprint density at radius 2 is 2.35 bits per heavy atom. The maximum atomic E-state index is 12.5. The van der Waals surface area contributed by atoms with Gasteiger partial charge in [0.15, 0.2) is 0 Å². The summed E-state index contributed by atoms with van der Waals surface area (Å²) in [6.45, 7) is 1.50. The zero-order valence-corrected chi connectivity index (χ0v) is 13.3. The molecule has 0 aliphatic carbocycles. The van der Waals surface area contributed by atoms with Gasteiger partial charge in [-0.25, -0.2) is 4.79 Å². The van der Waals surface area contributed by atoms with Crippen LogP contribution in [0.4, 0.5) is 9.93 Å². The molecule has 0 unspecified atom stereocenters. The van der Waals surface area contributed by atoms with Crippen LogP contribution in [0.5, 0.6) is 5.75 Å². The van der Waals surface area contributed by atoms with Crippen molar-refractivity contribution in [1.29, 1.82) is 0 Å². The molecule has 0 saturated carbocycles. The Balaban J connectivity index is 1.72. The number of nitrogens with zero attached hydrogens (tertiary/aromatic N) is 3. The molecule has 2 N–H and O–H groups in total. The first-order valence-electron chi connectivity index (χ1n) is 7.43. The minimum Gasteiger partial charge on any atom is -0.508 e. The number of carbonyl (C=O) groups is 1. The molecule has 2 heterocycles. The van der Waals surface area contributed by atoms with Gasteiger partial charge in [0.1, 0.15) is 11.3 Å². The Kier molecular flexibility index (Phi) is 5.04. The fourth-order valence-electron chi connectivity index (χ4n) is 2.50. The minimum absolute atomic E-state index is 0.0287. The molecule has 7 nitrogen and oxygen atoms in total. The van der Waals surface area contributed by atoms with Crippen molar-refractivity contribution in [2.24, 2.45) is 0 Å². The molecule has 1 atom stereocenters. The Bertz CT molecular complexity index is 644. The van der Waals surface area contributed by atoms with Crippen LogP contribution in [-0.2, 0) is 11.3 Å². The van der Waals surface area contributed by atoms with E-state index in [0.717, 1.165) is 19.4 Å². The number of phenols is 1. The largest absolute Gasteiger partial charge is 0.508 e. The zero-order valence-electron chi connectivity index (χ0n) is 12.5. The van der Waals surface area contributed by atoms with Gasteiger partial charge >= 0.3 is 6.03 Å².